The number of hydrogen-bond donors (Lipinski definition) is 3. The molecule has 2 aliphatic heterocycles. The summed E-state index contributed by atoms with van der Waals surface area (Å²) in [6.45, 7) is 0. The second kappa shape index (κ2) is 7.16. The lowest BCUT2D eigenvalue weighted by atomic mass is 10.1. The molecule has 1 atom stereocenters. The van der Waals surface area contributed by atoms with Gasteiger partial charge in [0, 0.05) is 36.7 Å². The van der Waals surface area contributed by atoms with Gasteiger partial charge in [-0.2, -0.15) is 0 Å². The highest BCUT2D eigenvalue weighted by atomic mass is 16.4. The summed E-state index contributed by atoms with van der Waals surface area (Å²) >= 11 is 0. The summed E-state index contributed by atoms with van der Waals surface area (Å²) in [4.78, 5) is 41.6. The van der Waals surface area contributed by atoms with Gasteiger partial charge in [0.25, 0.3) is 0 Å². The van der Waals surface area contributed by atoms with Crippen molar-refractivity contribution < 1.29 is 19.5 Å². The molecule has 0 radical (unpaired) electrons. The molecule has 2 rings (SSSR count). The van der Waals surface area contributed by atoms with E-state index in [9.17, 15) is 14.4 Å². The van der Waals surface area contributed by atoms with Crippen molar-refractivity contribution in [2.45, 2.75) is 18.9 Å². The number of carbonyl (C=O) groups is 3. The maximum Gasteiger partial charge on any atom is 0.326 e. The van der Waals surface area contributed by atoms with E-state index in [0.29, 0.717) is 5.82 Å². The standard InChI is InChI=1S/C14H15N5O4/c15-11(20)2-1-10(14(22)23)18-12(21)4-6-19-7-9-3-5-16-13(9)17-8-19/h3-8,10H,1-2H2,(H2,15,20)(H,18,21)(H,22,23)/t10-/m0/s1. The first-order valence-corrected chi connectivity index (χ1v) is 6.73. The number of nitrogens with two attached hydrogens (primary N) is 1. The molecule has 23 heavy (non-hydrogen) atoms. The van der Waals surface area contributed by atoms with Crippen molar-refractivity contribution in [1.29, 1.82) is 0 Å². The molecular formula is C14H15N5O4. The number of aromatic nitrogens is 3. The number of carboxylic acids is 1. The molecule has 0 fully saturated rings. The van der Waals surface area contributed by atoms with Crippen LogP contribution in [0.4, 0.5) is 0 Å². The van der Waals surface area contributed by atoms with E-state index in [4.69, 9.17) is 10.8 Å². The number of carbonyl (C=O) groups excluding carboxylic acids is 2. The molecule has 9 heteroatoms. The Labute approximate surface area is 131 Å². The number of rotatable bonds is 7. The van der Waals surface area contributed by atoms with E-state index in [1.165, 1.54) is 18.6 Å². The molecule has 120 valence electrons. The highest BCUT2D eigenvalue weighted by molar-refractivity contribution is 5.93. The van der Waals surface area contributed by atoms with Crippen LogP contribution in [0.2, 0.25) is 0 Å². The van der Waals surface area contributed by atoms with Crippen molar-refractivity contribution in [2.24, 2.45) is 5.73 Å². The Balaban J connectivity index is 1.98. The molecule has 0 saturated carbocycles. The van der Waals surface area contributed by atoms with Crippen molar-refractivity contribution in [1.82, 2.24) is 19.9 Å². The summed E-state index contributed by atoms with van der Waals surface area (Å²) in [6, 6.07) is 0.598. The summed E-state index contributed by atoms with van der Waals surface area (Å²) in [7, 11) is 0. The van der Waals surface area contributed by atoms with Crippen LogP contribution in [-0.4, -0.2) is 43.5 Å². The van der Waals surface area contributed by atoms with Crippen LogP contribution in [0.3, 0.4) is 0 Å². The Morgan fingerprint density at radius 2 is 2.17 bits per heavy atom. The minimum Gasteiger partial charge on any atom is -0.480 e. The Hall–Kier alpha value is -3.23. The minimum absolute atomic E-state index is 0.0654. The molecule has 2 aliphatic rings. The number of fused-ring (bicyclic) bond motifs is 1. The number of nitrogens with zero attached hydrogens (tertiary/aromatic N) is 3. The lowest BCUT2D eigenvalue weighted by molar-refractivity contribution is -0.141. The second-order valence-corrected chi connectivity index (χ2v) is 4.76. The van der Waals surface area contributed by atoms with Gasteiger partial charge in [-0.05, 0) is 12.5 Å². The summed E-state index contributed by atoms with van der Waals surface area (Å²) in [5.74, 6) is -1.86. The fraction of sp³-hybridized carbons (Fsp3) is 0.214. The van der Waals surface area contributed by atoms with Gasteiger partial charge < -0.3 is 20.7 Å². The van der Waals surface area contributed by atoms with E-state index in [1.54, 1.807) is 23.0 Å². The molecule has 0 saturated heterocycles. The van der Waals surface area contributed by atoms with Crippen molar-refractivity contribution >= 4 is 24.0 Å². The van der Waals surface area contributed by atoms with Gasteiger partial charge in [-0.1, -0.05) is 0 Å². The largest absolute Gasteiger partial charge is 0.480 e. The van der Waals surface area contributed by atoms with Gasteiger partial charge in [0.2, 0.25) is 11.8 Å². The third-order valence-corrected chi connectivity index (χ3v) is 3.00. The van der Waals surface area contributed by atoms with Crippen molar-refractivity contribution in [3.8, 4) is 11.4 Å². The van der Waals surface area contributed by atoms with Gasteiger partial charge in [0.1, 0.15) is 12.4 Å². The minimum atomic E-state index is -1.23. The maximum absolute atomic E-state index is 11.8. The SMILES string of the molecule is NC(=O)CC[C@H](NC(=O)C=Cn1cnc2nccc-2c1)C(=O)O. The molecule has 0 aromatic rings. The van der Waals surface area contributed by atoms with Crippen LogP contribution in [0.15, 0.2) is 30.9 Å². The average molecular weight is 317 g/mol. The van der Waals surface area contributed by atoms with Gasteiger partial charge >= 0.3 is 5.97 Å². The number of carboxylic acid groups (broad SMARTS) is 1. The van der Waals surface area contributed by atoms with Crippen molar-refractivity contribution in [2.75, 3.05) is 0 Å². The zero-order chi connectivity index (χ0) is 16.8. The molecule has 0 aromatic heterocycles. The summed E-state index contributed by atoms with van der Waals surface area (Å²) in [5.41, 5.74) is 5.78. The van der Waals surface area contributed by atoms with E-state index in [1.807, 2.05) is 0 Å². The first-order valence-electron chi connectivity index (χ1n) is 6.73. The zero-order valence-corrected chi connectivity index (χ0v) is 12.0. The molecular weight excluding hydrogens is 302 g/mol. The number of aliphatic carboxylic acids is 1. The quantitative estimate of drug-likeness (QED) is 0.598. The molecule has 0 aliphatic carbocycles. The topological polar surface area (TPSA) is 140 Å². The van der Waals surface area contributed by atoms with Crippen molar-refractivity contribution in [3.63, 3.8) is 0 Å². The summed E-state index contributed by atoms with van der Waals surface area (Å²) < 4.78 is 1.54. The summed E-state index contributed by atoms with van der Waals surface area (Å²) in [5, 5.41) is 11.3. The Morgan fingerprint density at radius 1 is 1.39 bits per heavy atom. The van der Waals surface area contributed by atoms with E-state index in [0.717, 1.165) is 5.56 Å². The second-order valence-electron chi connectivity index (χ2n) is 4.76. The molecule has 9 nitrogen and oxygen atoms in total. The number of primary amides is 1. The normalized spacial score (nSPS) is 12.3. The Morgan fingerprint density at radius 3 is 2.87 bits per heavy atom. The molecule has 0 spiro atoms. The monoisotopic (exact) mass is 317 g/mol. The van der Waals surface area contributed by atoms with Crippen LogP contribution >= 0.6 is 0 Å². The Kier molecular flexibility index (Phi) is 5.03. The van der Waals surface area contributed by atoms with E-state index < -0.39 is 23.8 Å². The highest BCUT2D eigenvalue weighted by Crippen LogP contribution is 2.15. The first-order chi connectivity index (χ1) is 11.0. The third-order valence-electron chi connectivity index (χ3n) is 3.00. The average Bonchev–Trinajstić information content (AvgIpc) is 2.96. The summed E-state index contributed by atoms with van der Waals surface area (Å²) in [6.07, 6.45) is 7.23. The first kappa shape index (κ1) is 16.1. The molecule has 4 N–H and O–H groups in total. The van der Waals surface area contributed by atoms with Gasteiger partial charge in [-0.25, -0.2) is 14.8 Å². The predicted octanol–water partition coefficient (Wildman–Crippen LogP) is -0.312. The lowest BCUT2D eigenvalue weighted by Crippen LogP contribution is -2.40. The smallest absolute Gasteiger partial charge is 0.326 e. The van der Waals surface area contributed by atoms with Gasteiger partial charge in [-0.15, -0.1) is 0 Å². The molecule has 0 unspecified atom stereocenters. The molecule has 2 amide bonds. The van der Waals surface area contributed by atoms with E-state index in [2.05, 4.69) is 15.3 Å². The fourth-order valence-electron chi connectivity index (χ4n) is 1.86. The van der Waals surface area contributed by atoms with Crippen molar-refractivity contribution in [3.05, 3.63) is 30.9 Å². The zero-order valence-electron chi connectivity index (χ0n) is 12.0. The predicted molar refractivity (Wildman–Crippen MR) is 80.0 cm³/mol. The number of hydrogen-bond acceptors (Lipinski definition) is 5. The van der Waals surface area contributed by atoms with Crippen LogP contribution in [0, 0.1) is 0 Å². The lowest BCUT2D eigenvalue weighted by Gasteiger charge is -2.12. The van der Waals surface area contributed by atoms with Gasteiger partial charge in [-0.3, -0.25) is 9.59 Å². The van der Waals surface area contributed by atoms with E-state index >= 15 is 0 Å². The molecule has 0 aromatic carbocycles. The molecule has 0 bridgehead atoms. The third kappa shape index (κ3) is 4.63. The Bertz CT molecular complexity index is 724. The molecule has 2 heterocycles. The van der Waals surface area contributed by atoms with Crippen LogP contribution < -0.4 is 11.1 Å². The van der Waals surface area contributed by atoms with Crippen LogP contribution in [0.1, 0.15) is 12.8 Å². The van der Waals surface area contributed by atoms with Crippen LogP contribution in [0.25, 0.3) is 17.6 Å². The number of amides is 2. The fourth-order valence-corrected chi connectivity index (χ4v) is 1.86. The van der Waals surface area contributed by atoms with E-state index in [-0.39, 0.29) is 12.8 Å². The van der Waals surface area contributed by atoms with Crippen LogP contribution in [0.5, 0.6) is 0 Å². The van der Waals surface area contributed by atoms with Gasteiger partial charge in [0.05, 0.1) is 0 Å². The highest BCUT2D eigenvalue weighted by Gasteiger charge is 2.19. The number of nitrogens with one attached hydrogen (secondary N) is 1. The maximum atomic E-state index is 11.8. The van der Waals surface area contributed by atoms with Crippen LogP contribution in [-0.2, 0) is 14.4 Å². The van der Waals surface area contributed by atoms with Gasteiger partial charge in [0.15, 0.2) is 5.82 Å².